The zero-order valence-corrected chi connectivity index (χ0v) is 8.22. The number of amides is 1. The molecule has 15 heavy (non-hydrogen) atoms. The van der Waals surface area contributed by atoms with Gasteiger partial charge in [-0.25, -0.2) is 10.2 Å². The number of rotatable bonds is 4. The predicted molar refractivity (Wildman–Crippen MR) is 57.3 cm³/mol. The Hall–Kier alpha value is -1.88. The molecule has 0 heterocycles. The van der Waals surface area contributed by atoms with Crippen LogP contribution >= 0.6 is 0 Å². The highest BCUT2D eigenvalue weighted by Crippen LogP contribution is 2.00. The lowest BCUT2D eigenvalue weighted by Gasteiger charge is -2.02. The molecule has 0 unspecified atom stereocenters. The highest BCUT2D eigenvalue weighted by atomic mass is 16.5. The first kappa shape index (κ1) is 11.2. The van der Waals surface area contributed by atoms with Crippen molar-refractivity contribution in [3.05, 3.63) is 35.9 Å². The zero-order chi connectivity index (χ0) is 10.9. The topological polar surface area (TPSA) is 76.7 Å². The van der Waals surface area contributed by atoms with Crippen LogP contribution in [-0.2, 0) is 11.3 Å². The van der Waals surface area contributed by atoms with Crippen molar-refractivity contribution in [3.8, 4) is 0 Å². The van der Waals surface area contributed by atoms with Crippen LogP contribution in [0.3, 0.4) is 0 Å². The molecule has 5 nitrogen and oxygen atoms in total. The van der Waals surface area contributed by atoms with Gasteiger partial charge in [-0.1, -0.05) is 30.3 Å². The quantitative estimate of drug-likeness (QED) is 0.567. The summed E-state index contributed by atoms with van der Waals surface area (Å²) in [7, 11) is 0. The van der Waals surface area contributed by atoms with Gasteiger partial charge in [0, 0.05) is 12.8 Å². The molecule has 0 aliphatic heterocycles. The van der Waals surface area contributed by atoms with E-state index in [2.05, 4.69) is 10.5 Å². The van der Waals surface area contributed by atoms with Crippen molar-refractivity contribution >= 4 is 12.3 Å². The minimum atomic E-state index is -0.594. The smallest absolute Gasteiger partial charge is 0.428 e. The number of carbonyl (C=O) groups is 1. The number of benzene rings is 1. The summed E-state index contributed by atoms with van der Waals surface area (Å²) in [4.78, 5) is 11.0. The van der Waals surface area contributed by atoms with Crippen LogP contribution in [0.4, 0.5) is 4.79 Å². The van der Waals surface area contributed by atoms with Gasteiger partial charge >= 0.3 is 6.09 Å². The SMILES string of the molecule is NC/C=N/NC(=O)OCc1ccccc1. The van der Waals surface area contributed by atoms with Crippen molar-refractivity contribution < 1.29 is 9.53 Å². The summed E-state index contributed by atoms with van der Waals surface area (Å²) in [6, 6.07) is 9.40. The fourth-order valence-corrected chi connectivity index (χ4v) is 0.906. The van der Waals surface area contributed by atoms with Crippen LogP contribution in [-0.4, -0.2) is 18.9 Å². The molecule has 0 saturated heterocycles. The van der Waals surface area contributed by atoms with Gasteiger partial charge in [-0.15, -0.1) is 0 Å². The second kappa shape index (κ2) is 6.56. The lowest BCUT2D eigenvalue weighted by molar-refractivity contribution is 0.140. The third kappa shape index (κ3) is 4.78. The van der Waals surface area contributed by atoms with Crippen molar-refractivity contribution in [2.75, 3.05) is 6.54 Å². The standard InChI is InChI=1S/C10H13N3O2/c11-6-7-12-13-10(14)15-8-9-4-2-1-3-5-9/h1-5,7H,6,8,11H2,(H,13,14)/b12-7+. The molecule has 0 fully saturated rings. The van der Waals surface area contributed by atoms with Gasteiger partial charge in [-0.3, -0.25) is 0 Å². The van der Waals surface area contributed by atoms with Gasteiger partial charge in [0.05, 0.1) is 0 Å². The predicted octanol–water partition coefficient (Wildman–Crippen LogP) is 0.857. The lowest BCUT2D eigenvalue weighted by Crippen LogP contribution is -2.19. The Morgan fingerprint density at radius 1 is 1.47 bits per heavy atom. The maximum absolute atomic E-state index is 11.0. The van der Waals surface area contributed by atoms with E-state index in [1.165, 1.54) is 6.21 Å². The monoisotopic (exact) mass is 207 g/mol. The first-order valence-electron chi connectivity index (χ1n) is 4.51. The maximum Gasteiger partial charge on any atom is 0.428 e. The summed E-state index contributed by atoms with van der Waals surface area (Å²) in [6.07, 6.45) is 0.785. The molecule has 1 amide bonds. The second-order valence-corrected chi connectivity index (χ2v) is 2.72. The Labute approximate surface area is 87.9 Å². The normalized spacial score (nSPS) is 10.2. The summed E-state index contributed by atoms with van der Waals surface area (Å²) >= 11 is 0. The minimum Gasteiger partial charge on any atom is -0.443 e. The van der Waals surface area contributed by atoms with Gasteiger partial charge in [-0.05, 0) is 5.56 Å². The van der Waals surface area contributed by atoms with Gasteiger partial charge in [-0.2, -0.15) is 5.10 Å². The number of nitrogens with one attached hydrogen (secondary N) is 1. The van der Waals surface area contributed by atoms with Gasteiger partial charge in [0.2, 0.25) is 0 Å². The molecule has 1 rings (SSSR count). The van der Waals surface area contributed by atoms with E-state index in [-0.39, 0.29) is 13.2 Å². The molecule has 0 bridgehead atoms. The van der Waals surface area contributed by atoms with E-state index in [1.807, 2.05) is 30.3 Å². The van der Waals surface area contributed by atoms with Crippen LogP contribution in [0.25, 0.3) is 0 Å². The number of hydrazone groups is 1. The minimum absolute atomic E-state index is 0.227. The highest BCUT2D eigenvalue weighted by molar-refractivity contribution is 5.69. The number of hydrogen-bond donors (Lipinski definition) is 2. The molecule has 0 radical (unpaired) electrons. The molecule has 0 saturated carbocycles. The molecule has 0 aliphatic carbocycles. The fraction of sp³-hybridized carbons (Fsp3) is 0.200. The van der Waals surface area contributed by atoms with Crippen molar-refractivity contribution in [1.82, 2.24) is 5.43 Å². The molecule has 0 atom stereocenters. The number of ether oxygens (including phenoxy) is 1. The van der Waals surface area contributed by atoms with Crippen LogP contribution in [0.5, 0.6) is 0 Å². The Morgan fingerprint density at radius 3 is 2.87 bits per heavy atom. The third-order valence-corrected chi connectivity index (χ3v) is 1.57. The van der Waals surface area contributed by atoms with Gasteiger partial charge < -0.3 is 10.5 Å². The Bertz CT molecular complexity index is 325. The van der Waals surface area contributed by atoms with E-state index in [9.17, 15) is 4.79 Å². The van der Waals surface area contributed by atoms with E-state index in [4.69, 9.17) is 10.5 Å². The van der Waals surface area contributed by atoms with Gasteiger partial charge in [0.15, 0.2) is 0 Å². The lowest BCUT2D eigenvalue weighted by atomic mass is 10.2. The molecule has 5 heteroatoms. The first-order valence-corrected chi connectivity index (χ1v) is 4.51. The number of hydrogen-bond acceptors (Lipinski definition) is 4. The summed E-state index contributed by atoms with van der Waals surface area (Å²) < 4.78 is 4.87. The van der Waals surface area contributed by atoms with Crippen molar-refractivity contribution in [2.24, 2.45) is 10.8 Å². The number of nitrogens with two attached hydrogens (primary N) is 1. The summed E-state index contributed by atoms with van der Waals surface area (Å²) in [5.74, 6) is 0. The van der Waals surface area contributed by atoms with Crippen LogP contribution in [0.1, 0.15) is 5.56 Å². The van der Waals surface area contributed by atoms with E-state index < -0.39 is 6.09 Å². The molecule has 0 spiro atoms. The van der Waals surface area contributed by atoms with E-state index in [1.54, 1.807) is 0 Å². The number of carbonyl (C=O) groups excluding carboxylic acids is 1. The number of nitrogens with zero attached hydrogens (tertiary/aromatic N) is 1. The molecule has 80 valence electrons. The third-order valence-electron chi connectivity index (χ3n) is 1.57. The van der Waals surface area contributed by atoms with E-state index in [0.29, 0.717) is 0 Å². The summed E-state index contributed by atoms with van der Waals surface area (Å²) in [6.45, 7) is 0.504. The van der Waals surface area contributed by atoms with Crippen LogP contribution in [0.15, 0.2) is 35.4 Å². The van der Waals surface area contributed by atoms with Crippen LogP contribution < -0.4 is 11.2 Å². The second-order valence-electron chi connectivity index (χ2n) is 2.72. The Kier molecular flexibility index (Phi) is 4.89. The van der Waals surface area contributed by atoms with Crippen molar-refractivity contribution in [3.63, 3.8) is 0 Å². The van der Waals surface area contributed by atoms with Crippen LogP contribution in [0, 0.1) is 0 Å². The maximum atomic E-state index is 11.0. The van der Waals surface area contributed by atoms with Gasteiger partial charge in [0.1, 0.15) is 6.61 Å². The Morgan fingerprint density at radius 2 is 2.20 bits per heavy atom. The Balaban J connectivity index is 2.26. The van der Waals surface area contributed by atoms with Crippen LogP contribution in [0.2, 0.25) is 0 Å². The molecule has 1 aromatic rings. The average Bonchev–Trinajstić information content (AvgIpc) is 2.28. The molecule has 3 N–H and O–H groups in total. The fourth-order valence-electron chi connectivity index (χ4n) is 0.906. The molecule has 0 aliphatic rings. The van der Waals surface area contributed by atoms with E-state index in [0.717, 1.165) is 5.56 Å². The highest BCUT2D eigenvalue weighted by Gasteiger charge is 1.99. The summed E-state index contributed by atoms with van der Waals surface area (Å²) in [5, 5.41) is 3.53. The van der Waals surface area contributed by atoms with Gasteiger partial charge in [0.25, 0.3) is 0 Å². The average molecular weight is 207 g/mol. The molecule has 1 aromatic carbocycles. The first-order chi connectivity index (χ1) is 7.33. The molecular formula is C10H13N3O2. The summed E-state index contributed by atoms with van der Waals surface area (Å²) in [5.41, 5.74) is 8.25. The molecule has 0 aromatic heterocycles. The van der Waals surface area contributed by atoms with Crippen molar-refractivity contribution in [1.29, 1.82) is 0 Å². The van der Waals surface area contributed by atoms with E-state index >= 15 is 0 Å². The molecular weight excluding hydrogens is 194 g/mol. The van der Waals surface area contributed by atoms with Crippen molar-refractivity contribution in [2.45, 2.75) is 6.61 Å². The zero-order valence-electron chi connectivity index (χ0n) is 8.22. The largest absolute Gasteiger partial charge is 0.443 e.